The summed E-state index contributed by atoms with van der Waals surface area (Å²) in [5.74, 6) is 0.604. The predicted octanol–water partition coefficient (Wildman–Crippen LogP) is 6.89. The number of nitrogens with one attached hydrogen (secondary N) is 1. The lowest BCUT2D eigenvalue weighted by Gasteiger charge is -2.15. The van der Waals surface area contributed by atoms with Gasteiger partial charge in [0.15, 0.2) is 5.75 Å². The van der Waals surface area contributed by atoms with Crippen LogP contribution in [0.4, 0.5) is 5.69 Å². The minimum absolute atomic E-state index is 0.0550. The second kappa shape index (κ2) is 8.17. The van der Waals surface area contributed by atoms with Gasteiger partial charge in [-0.2, -0.15) is 0 Å². The fourth-order valence-corrected chi connectivity index (χ4v) is 3.96. The maximum absolute atomic E-state index is 12.7. The van der Waals surface area contributed by atoms with Crippen LogP contribution in [0.25, 0.3) is 0 Å². The van der Waals surface area contributed by atoms with Gasteiger partial charge in [0.05, 0.1) is 25.7 Å². The van der Waals surface area contributed by atoms with Crippen molar-refractivity contribution in [3.05, 3.63) is 80.8 Å². The van der Waals surface area contributed by atoms with E-state index in [0.29, 0.717) is 15.8 Å². The number of anilines is 1. The molecule has 0 unspecified atom stereocenters. The monoisotopic (exact) mass is 461 g/mol. The Hall–Kier alpha value is -1.63. The largest absolute Gasteiger partial charge is 0.454 e. The molecule has 140 valence electrons. The highest BCUT2D eigenvalue weighted by Gasteiger charge is 2.19. The van der Waals surface area contributed by atoms with E-state index in [1.54, 1.807) is 36.4 Å². The number of rotatable bonds is 5. The van der Waals surface area contributed by atoms with E-state index in [0.717, 1.165) is 0 Å². The van der Waals surface area contributed by atoms with Crippen molar-refractivity contribution in [1.29, 1.82) is 0 Å². The molecule has 3 aromatic carbocycles. The molecule has 0 aliphatic carbocycles. The summed E-state index contributed by atoms with van der Waals surface area (Å²) in [6.07, 6.45) is 0. The smallest absolute Gasteiger partial charge is 0.262 e. The second-order valence-corrected chi connectivity index (χ2v) is 8.69. The number of hydrogen-bond donors (Lipinski definition) is 1. The number of halogens is 4. The zero-order valence-electron chi connectivity index (χ0n) is 13.4. The maximum Gasteiger partial charge on any atom is 0.262 e. The highest BCUT2D eigenvalue weighted by molar-refractivity contribution is 7.92. The third-order valence-electron chi connectivity index (χ3n) is 3.44. The Bertz CT molecular complexity index is 1100. The van der Waals surface area contributed by atoms with Gasteiger partial charge in [-0.3, -0.25) is 4.72 Å². The zero-order chi connectivity index (χ0) is 19.6. The van der Waals surface area contributed by atoms with Gasteiger partial charge in [0.2, 0.25) is 0 Å². The number of para-hydroxylation sites is 1. The third-order valence-corrected chi connectivity index (χ3v) is 6.09. The molecule has 9 heteroatoms. The van der Waals surface area contributed by atoms with E-state index in [-0.39, 0.29) is 26.4 Å². The van der Waals surface area contributed by atoms with Gasteiger partial charge in [-0.15, -0.1) is 0 Å². The van der Waals surface area contributed by atoms with Crippen LogP contribution in [0.1, 0.15) is 0 Å². The highest BCUT2D eigenvalue weighted by Crippen LogP contribution is 2.36. The van der Waals surface area contributed by atoms with Crippen LogP contribution in [-0.2, 0) is 10.0 Å². The highest BCUT2D eigenvalue weighted by atomic mass is 35.5. The van der Waals surface area contributed by atoms with Gasteiger partial charge < -0.3 is 4.74 Å². The standard InChI is InChI=1S/C18H11Cl4NO3S/c19-11-5-8-18(26-17-4-2-1-3-14(17)21)16(9-11)23-27(24,25)12-6-7-13(20)15(22)10-12/h1-10,23H. The molecule has 0 radical (unpaired) electrons. The summed E-state index contributed by atoms with van der Waals surface area (Å²) in [5.41, 5.74) is 0.147. The summed E-state index contributed by atoms with van der Waals surface area (Å²) >= 11 is 23.9. The Morgan fingerprint density at radius 1 is 0.741 bits per heavy atom. The first-order valence-corrected chi connectivity index (χ1v) is 10.5. The zero-order valence-corrected chi connectivity index (χ0v) is 17.3. The molecular weight excluding hydrogens is 452 g/mol. The van der Waals surface area contributed by atoms with Crippen molar-refractivity contribution in [2.75, 3.05) is 4.72 Å². The van der Waals surface area contributed by atoms with Crippen molar-refractivity contribution in [2.24, 2.45) is 0 Å². The van der Waals surface area contributed by atoms with Crippen LogP contribution in [0.5, 0.6) is 11.5 Å². The molecule has 1 N–H and O–H groups in total. The van der Waals surface area contributed by atoms with Crippen LogP contribution in [0, 0.1) is 0 Å². The van der Waals surface area contributed by atoms with E-state index in [2.05, 4.69) is 4.72 Å². The summed E-state index contributed by atoms with van der Waals surface area (Å²) in [7, 11) is -3.96. The van der Waals surface area contributed by atoms with Gasteiger partial charge >= 0.3 is 0 Å². The lowest BCUT2D eigenvalue weighted by molar-refractivity contribution is 0.485. The van der Waals surface area contributed by atoms with Crippen LogP contribution < -0.4 is 9.46 Å². The molecule has 0 bridgehead atoms. The molecule has 0 aliphatic rings. The number of hydrogen-bond acceptors (Lipinski definition) is 3. The van der Waals surface area contributed by atoms with Crippen molar-refractivity contribution in [1.82, 2.24) is 0 Å². The average molecular weight is 463 g/mol. The van der Waals surface area contributed by atoms with Gasteiger partial charge in [-0.05, 0) is 48.5 Å². The van der Waals surface area contributed by atoms with Gasteiger partial charge in [0.1, 0.15) is 5.75 Å². The Morgan fingerprint density at radius 2 is 1.48 bits per heavy atom. The van der Waals surface area contributed by atoms with Crippen molar-refractivity contribution in [2.45, 2.75) is 4.90 Å². The molecule has 4 nitrogen and oxygen atoms in total. The van der Waals surface area contributed by atoms with Crippen molar-refractivity contribution in [3.8, 4) is 11.5 Å². The second-order valence-electron chi connectivity index (χ2n) is 5.35. The summed E-state index contributed by atoms with van der Waals surface area (Å²) in [5, 5.41) is 1.08. The summed E-state index contributed by atoms with van der Waals surface area (Å²) in [6, 6.07) is 15.4. The quantitative estimate of drug-likeness (QED) is 0.448. The van der Waals surface area contributed by atoms with Gasteiger partial charge in [0, 0.05) is 5.02 Å². The van der Waals surface area contributed by atoms with E-state index in [4.69, 9.17) is 51.1 Å². The first-order valence-electron chi connectivity index (χ1n) is 7.46. The molecule has 0 atom stereocenters. The van der Waals surface area contributed by atoms with Crippen molar-refractivity contribution >= 4 is 62.1 Å². The van der Waals surface area contributed by atoms with Crippen LogP contribution in [0.15, 0.2) is 65.6 Å². The molecule has 3 aromatic rings. The minimum Gasteiger partial charge on any atom is -0.454 e. The summed E-state index contributed by atoms with van der Waals surface area (Å²) in [4.78, 5) is -0.0550. The number of benzene rings is 3. The maximum atomic E-state index is 12.7. The topological polar surface area (TPSA) is 55.4 Å². The first-order chi connectivity index (χ1) is 12.8. The fraction of sp³-hybridized carbons (Fsp3) is 0. The lowest BCUT2D eigenvalue weighted by atomic mass is 10.3. The van der Waals surface area contributed by atoms with Gasteiger partial charge in [0.25, 0.3) is 10.0 Å². The van der Waals surface area contributed by atoms with Gasteiger partial charge in [-0.1, -0.05) is 58.5 Å². The molecular formula is C18H11Cl4NO3S. The minimum atomic E-state index is -3.96. The number of sulfonamides is 1. The van der Waals surface area contributed by atoms with Crippen molar-refractivity contribution < 1.29 is 13.2 Å². The molecule has 0 fully saturated rings. The lowest BCUT2D eigenvalue weighted by Crippen LogP contribution is -2.13. The molecule has 0 amide bonds. The number of ether oxygens (including phenoxy) is 1. The molecule has 0 saturated carbocycles. The normalized spacial score (nSPS) is 11.3. The average Bonchev–Trinajstić information content (AvgIpc) is 2.61. The molecule has 0 aromatic heterocycles. The van der Waals surface area contributed by atoms with Crippen LogP contribution in [0.2, 0.25) is 20.1 Å². The van der Waals surface area contributed by atoms with Crippen LogP contribution >= 0.6 is 46.4 Å². The fourth-order valence-electron chi connectivity index (χ4n) is 2.16. The molecule has 0 heterocycles. The molecule has 27 heavy (non-hydrogen) atoms. The van der Waals surface area contributed by atoms with E-state index < -0.39 is 10.0 Å². The molecule has 3 rings (SSSR count). The van der Waals surface area contributed by atoms with E-state index in [9.17, 15) is 8.42 Å². The van der Waals surface area contributed by atoms with E-state index in [1.165, 1.54) is 24.3 Å². The SMILES string of the molecule is O=S(=O)(Nc1cc(Cl)ccc1Oc1ccccc1Cl)c1ccc(Cl)c(Cl)c1. The predicted molar refractivity (Wildman–Crippen MR) is 110 cm³/mol. The van der Waals surface area contributed by atoms with Crippen LogP contribution in [0.3, 0.4) is 0 Å². The Balaban J connectivity index is 1.97. The summed E-state index contributed by atoms with van der Waals surface area (Å²) in [6.45, 7) is 0. The molecule has 0 saturated heterocycles. The molecule has 0 spiro atoms. The van der Waals surface area contributed by atoms with Crippen LogP contribution in [-0.4, -0.2) is 8.42 Å². The third kappa shape index (κ3) is 4.81. The van der Waals surface area contributed by atoms with E-state index >= 15 is 0 Å². The van der Waals surface area contributed by atoms with Crippen molar-refractivity contribution in [3.63, 3.8) is 0 Å². The van der Waals surface area contributed by atoms with E-state index in [1.807, 2.05) is 0 Å². The van der Waals surface area contributed by atoms with Gasteiger partial charge in [-0.25, -0.2) is 8.42 Å². The molecule has 0 aliphatic heterocycles. The Kier molecular flexibility index (Phi) is 6.08. The summed E-state index contributed by atoms with van der Waals surface area (Å²) < 4.78 is 33.6. The first kappa shape index (κ1) is 20.1. The Morgan fingerprint density at radius 3 is 2.19 bits per heavy atom. The Labute approximate surface area is 176 Å².